The topological polar surface area (TPSA) is 70.2 Å². The van der Waals surface area contributed by atoms with Crippen molar-refractivity contribution in [2.24, 2.45) is 5.92 Å². The van der Waals surface area contributed by atoms with Crippen LogP contribution in [0, 0.1) is 5.92 Å². The van der Waals surface area contributed by atoms with Crippen LogP contribution in [0.3, 0.4) is 0 Å². The van der Waals surface area contributed by atoms with E-state index in [1.807, 2.05) is 25.1 Å². The molecule has 0 unspecified atom stereocenters. The van der Waals surface area contributed by atoms with E-state index in [4.69, 9.17) is 4.74 Å². The molecule has 0 saturated carbocycles. The number of fused-ring (bicyclic) bond motifs is 1. The third-order valence-electron chi connectivity index (χ3n) is 4.75. The lowest BCUT2D eigenvalue weighted by molar-refractivity contribution is 0.0890. The van der Waals surface area contributed by atoms with E-state index in [9.17, 15) is 4.79 Å². The summed E-state index contributed by atoms with van der Waals surface area (Å²) in [6, 6.07) is 5.77. The molecule has 0 radical (unpaired) electrons. The van der Waals surface area contributed by atoms with Crippen LogP contribution in [0.5, 0.6) is 0 Å². The Bertz CT molecular complexity index is 710. The van der Waals surface area contributed by atoms with E-state index < -0.39 is 0 Å². The lowest BCUT2D eigenvalue weighted by Gasteiger charge is -2.31. The zero-order valence-electron chi connectivity index (χ0n) is 14.6. The summed E-state index contributed by atoms with van der Waals surface area (Å²) in [5.41, 5.74) is 1.33. The fraction of sp³-hybridized carbons (Fsp3) is 0.556. The van der Waals surface area contributed by atoms with E-state index in [-0.39, 0.29) is 5.91 Å². The average molecular weight is 409 g/mol. The van der Waals surface area contributed by atoms with E-state index in [0.29, 0.717) is 18.2 Å². The Kier molecular flexibility index (Phi) is 6.45. The Morgan fingerprint density at radius 1 is 1.44 bits per heavy atom. The van der Waals surface area contributed by atoms with Crippen LogP contribution < -0.4 is 5.32 Å². The number of halogens is 1. The summed E-state index contributed by atoms with van der Waals surface area (Å²) in [5, 5.41) is 11.0. The van der Waals surface area contributed by atoms with Gasteiger partial charge in [0.2, 0.25) is 0 Å². The largest absolute Gasteiger partial charge is 0.380 e. The molecule has 1 amide bonds. The predicted octanol–water partition coefficient (Wildman–Crippen LogP) is 2.80. The van der Waals surface area contributed by atoms with Gasteiger partial charge >= 0.3 is 0 Å². The van der Waals surface area contributed by atoms with Crippen molar-refractivity contribution in [2.45, 2.75) is 19.8 Å². The molecule has 1 aliphatic rings. The highest BCUT2D eigenvalue weighted by Crippen LogP contribution is 2.21. The van der Waals surface area contributed by atoms with Gasteiger partial charge in [-0.15, -0.1) is 0 Å². The van der Waals surface area contributed by atoms with Crippen molar-refractivity contribution in [3.8, 4) is 0 Å². The number of nitrogens with one attached hydrogen (secondary N) is 2. The maximum absolute atomic E-state index is 12.5. The van der Waals surface area contributed by atoms with Crippen LogP contribution in [0.1, 0.15) is 30.3 Å². The molecule has 136 valence electrons. The third-order valence-corrected chi connectivity index (χ3v) is 5.25. The van der Waals surface area contributed by atoms with E-state index in [1.165, 1.54) is 0 Å². The number of benzene rings is 1. The molecule has 0 atom stereocenters. The van der Waals surface area contributed by atoms with E-state index >= 15 is 0 Å². The van der Waals surface area contributed by atoms with Gasteiger partial charge in [-0.3, -0.25) is 9.89 Å². The van der Waals surface area contributed by atoms with E-state index in [2.05, 4.69) is 36.3 Å². The molecular formula is C18H25BrN4O2. The fourth-order valence-corrected chi connectivity index (χ4v) is 3.59. The number of rotatable bonds is 7. The van der Waals surface area contributed by atoms with Gasteiger partial charge in [-0.05, 0) is 57.0 Å². The number of H-pyrrole nitrogens is 1. The second-order valence-electron chi connectivity index (χ2n) is 6.45. The quantitative estimate of drug-likeness (QED) is 0.690. The van der Waals surface area contributed by atoms with Crippen LogP contribution in [0.4, 0.5) is 0 Å². The number of aromatic amines is 1. The Morgan fingerprint density at radius 3 is 3.00 bits per heavy atom. The Labute approximate surface area is 156 Å². The summed E-state index contributed by atoms with van der Waals surface area (Å²) in [6.07, 6.45) is 2.22. The first-order valence-corrected chi connectivity index (χ1v) is 9.68. The minimum absolute atomic E-state index is 0.108. The standard InChI is InChI=1S/C18H25BrN4O2/c1-2-25-10-9-23-7-5-13(6-8-23)12-20-18(24)17-15-11-14(19)3-4-16(15)21-22-17/h3-4,11,13H,2,5-10,12H2,1H3,(H,20,24)(H,21,22). The second-order valence-corrected chi connectivity index (χ2v) is 7.37. The number of piperidine rings is 1. The lowest BCUT2D eigenvalue weighted by Crippen LogP contribution is -2.40. The highest BCUT2D eigenvalue weighted by Gasteiger charge is 2.21. The van der Waals surface area contributed by atoms with E-state index in [0.717, 1.165) is 61.1 Å². The number of amides is 1. The Balaban J connectivity index is 1.47. The highest BCUT2D eigenvalue weighted by atomic mass is 79.9. The van der Waals surface area contributed by atoms with Gasteiger partial charge in [0.1, 0.15) is 0 Å². The SMILES string of the molecule is CCOCCN1CCC(CNC(=O)c2n[nH]c3ccc(Br)cc23)CC1. The number of hydrogen-bond acceptors (Lipinski definition) is 4. The van der Waals surface area contributed by atoms with Gasteiger partial charge in [0.25, 0.3) is 5.91 Å². The highest BCUT2D eigenvalue weighted by molar-refractivity contribution is 9.10. The van der Waals surface area contributed by atoms with Crippen molar-refractivity contribution in [2.75, 3.05) is 39.4 Å². The molecule has 0 spiro atoms. The smallest absolute Gasteiger partial charge is 0.272 e. The number of carbonyl (C=O) groups is 1. The summed E-state index contributed by atoms with van der Waals surface area (Å²) in [6.45, 7) is 7.47. The van der Waals surface area contributed by atoms with Gasteiger partial charge in [-0.1, -0.05) is 15.9 Å². The summed E-state index contributed by atoms with van der Waals surface area (Å²) < 4.78 is 6.35. The molecule has 0 aliphatic carbocycles. The fourth-order valence-electron chi connectivity index (χ4n) is 3.23. The minimum atomic E-state index is -0.108. The first-order valence-electron chi connectivity index (χ1n) is 8.89. The van der Waals surface area contributed by atoms with Crippen LogP contribution in [-0.2, 0) is 4.74 Å². The van der Waals surface area contributed by atoms with Crippen molar-refractivity contribution in [1.29, 1.82) is 0 Å². The number of carbonyl (C=O) groups excluding carboxylic acids is 1. The van der Waals surface area contributed by atoms with Crippen LogP contribution in [0.2, 0.25) is 0 Å². The second kappa shape index (κ2) is 8.78. The van der Waals surface area contributed by atoms with Crippen LogP contribution >= 0.6 is 15.9 Å². The lowest BCUT2D eigenvalue weighted by atomic mass is 9.97. The first kappa shape index (κ1) is 18.4. The molecule has 0 bridgehead atoms. The van der Waals surface area contributed by atoms with Crippen molar-refractivity contribution in [1.82, 2.24) is 20.4 Å². The summed E-state index contributed by atoms with van der Waals surface area (Å²) >= 11 is 3.44. The van der Waals surface area contributed by atoms with Crippen LogP contribution in [-0.4, -0.2) is 60.4 Å². The zero-order chi connectivity index (χ0) is 17.6. The van der Waals surface area contributed by atoms with Gasteiger partial charge in [-0.2, -0.15) is 5.10 Å². The average Bonchev–Trinajstić information content (AvgIpc) is 3.04. The molecule has 2 N–H and O–H groups in total. The van der Waals surface area contributed by atoms with Gasteiger partial charge in [0, 0.05) is 29.6 Å². The molecule has 2 heterocycles. The summed E-state index contributed by atoms with van der Waals surface area (Å²) in [4.78, 5) is 14.9. The summed E-state index contributed by atoms with van der Waals surface area (Å²) in [7, 11) is 0. The van der Waals surface area contributed by atoms with Gasteiger partial charge in [-0.25, -0.2) is 0 Å². The number of likely N-dealkylation sites (tertiary alicyclic amines) is 1. The van der Waals surface area contributed by atoms with Gasteiger partial charge in [0.05, 0.1) is 12.1 Å². The van der Waals surface area contributed by atoms with Crippen LogP contribution in [0.25, 0.3) is 10.9 Å². The predicted molar refractivity (Wildman–Crippen MR) is 102 cm³/mol. The minimum Gasteiger partial charge on any atom is -0.380 e. The number of ether oxygens (including phenoxy) is 1. The third kappa shape index (κ3) is 4.80. The number of nitrogens with zero attached hydrogens (tertiary/aromatic N) is 2. The van der Waals surface area contributed by atoms with E-state index in [1.54, 1.807) is 0 Å². The molecule has 6 nitrogen and oxygen atoms in total. The molecule has 1 aromatic heterocycles. The zero-order valence-corrected chi connectivity index (χ0v) is 16.1. The van der Waals surface area contributed by atoms with Crippen LogP contribution in [0.15, 0.2) is 22.7 Å². The normalized spacial score (nSPS) is 16.4. The molecule has 3 rings (SSSR count). The number of aromatic nitrogens is 2. The molecule has 1 aliphatic heterocycles. The molecule has 7 heteroatoms. The molecule has 1 saturated heterocycles. The van der Waals surface area contributed by atoms with Crippen molar-refractivity contribution in [3.63, 3.8) is 0 Å². The van der Waals surface area contributed by atoms with Crippen molar-refractivity contribution in [3.05, 3.63) is 28.4 Å². The number of hydrogen-bond donors (Lipinski definition) is 2. The van der Waals surface area contributed by atoms with Crippen molar-refractivity contribution < 1.29 is 9.53 Å². The summed E-state index contributed by atoms with van der Waals surface area (Å²) in [5.74, 6) is 0.423. The Hall–Kier alpha value is -1.44. The van der Waals surface area contributed by atoms with Gasteiger partial charge < -0.3 is 15.0 Å². The molecule has 25 heavy (non-hydrogen) atoms. The molecule has 2 aromatic rings. The monoisotopic (exact) mass is 408 g/mol. The maximum atomic E-state index is 12.5. The molecule has 1 aromatic carbocycles. The molecular weight excluding hydrogens is 384 g/mol. The first-order chi connectivity index (χ1) is 12.2. The van der Waals surface area contributed by atoms with Gasteiger partial charge in [0.15, 0.2) is 5.69 Å². The van der Waals surface area contributed by atoms with Crippen molar-refractivity contribution >= 4 is 32.7 Å². The molecule has 1 fully saturated rings. The maximum Gasteiger partial charge on any atom is 0.272 e. The Morgan fingerprint density at radius 2 is 2.24 bits per heavy atom.